The maximum atomic E-state index is 5.18. The van der Waals surface area contributed by atoms with Gasteiger partial charge in [0, 0.05) is 21.8 Å². The van der Waals surface area contributed by atoms with E-state index in [0.717, 1.165) is 32.9 Å². The van der Waals surface area contributed by atoms with Gasteiger partial charge >= 0.3 is 0 Å². The minimum atomic E-state index is 0.850. The summed E-state index contributed by atoms with van der Waals surface area (Å²) >= 11 is 5.19. The fourth-order valence-electron chi connectivity index (χ4n) is 2.09. The maximum absolute atomic E-state index is 5.18. The lowest BCUT2D eigenvalue weighted by molar-refractivity contribution is 0.414. The van der Waals surface area contributed by atoms with Gasteiger partial charge in [-0.1, -0.05) is 40.2 Å². The van der Waals surface area contributed by atoms with Crippen LogP contribution in [0.15, 0.2) is 58.4 Å². The number of benzene rings is 2. The predicted octanol–water partition coefficient (Wildman–Crippen LogP) is 5.17. The van der Waals surface area contributed by atoms with Gasteiger partial charge in [0.15, 0.2) is 0 Å². The molecule has 4 heteroatoms. The lowest BCUT2D eigenvalue weighted by Gasteiger charge is -2.01. The number of ether oxygens (including phenoxy) is 1. The SMILES string of the molecule is COc1ccc(Cc2nc(-c3cccc(Br)c3)cs2)cc1. The zero-order valence-corrected chi connectivity index (χ0v) is 13.9. The molecule has 106 valence electrons. The number of rotatable bonds is 4. The van der Waals surface area contributed by atoms with E-state index in [1.165, 1.54) is 5.56 Å². The second-order valence-electron chi connectivity index (χ2n) is 4.66. The molecule has 3 rings (SSSR count). The first kappa shape index (κ1) is 14.3. The molecule has 0 amide bonds. The Balaban J connectivity index is 1.78. The molecule has 2 nitrogen and oxygen atoms in total. The second kappa shape index (κ2) is 6.41. The minimum absolute atomic E-state index is 0.850. The van der Waals surface area contributed by atoms with Crippen LogP contribution in [0.1, 0.15) is 10.6 Å². The molecule has 1 heterocycles. The van der Waals surface area contributed by atoms with Crippen molar-refractivity contribution >= 4 is 27.3 Å². The molecule has 0 spiro atoms. The highest BCUT2D eigenvalue weighted by atomic mass is 79.9. The van der Waals surface area contributed by atoms with Gasteiger partial charge in [0.1, 0.15) is 5.75 Å². The average Bonchev–Trinajstić information content (AvgIpc) is 2.97. The Morgan fingerprint density at radius 3 is 2.67 bits per heavy atom. The summed E-state index contributed by atoms with van der Waals surface area (Å²) in [6, 6.07) is 16.4. The molecule has 0 atom stereocenters. The number of methoxy groups -OCH3 is 1. The molecule has 0 N–H and O–H groups in total. The number of nitrogens with zero attached hydrogens (tertiary/aromatic N) is 1. The quantitative estimate of drug-likeness (QED) is 0.640. The standard InChI is InChI=1S/C17H14BrNOS/c1-20-15-7-5-12(6-8-15)9-17-19-16(11-21-17)13-3-2-4-14(18)10-13/h2-8,10-11H,9H2,1H3. The largest absolute Gasteiger partial charge is 0.497 e. The Labute approximate surface area is 136 Å². The van der Waals surface area contributed by atoms with Crippen molar-refractivity contribution < 1.29 is 4.74 Å². The molecular formula is C17H14BrNOS. The third-order valence-electron chi connectivity index (χ3n) is 3.19. The predicted molar refractivity (Wildman–Crippen MR) is 91.1 cm³/mol. The number of hydrogen-bond acceptors (Lipinski definition) is 3. The van der Waals surface area contributed by atoms with Gasteiger partial charge in [0.05, 0.1) is 17.8 Å². The zero-order valence-electron chi connectivity index (χ0n) is 11.5. The third kappa shape index (κ3) is 3.52. The Morgan fingerprint density at radius 2 is 1.95 bits per heavy atom. The normalized spacial score (nSPS) is 10.6. The number of halogens is 1. The molecule has 0 radical (unpaired) electrons. The monoisotopic (exact) mass is 359 g/mol. The van der Waals surface area contributed by atoms with Gasteiger partial charge in [-0.3, -0.25) is 0 Å². The summed E-state index contributed by atoms with van der Waals surface area (Å²) in [5.41, 5.74) is 3.41. The van der Waals surface area contributed by atoms with Crippen LogP contribution < -0.4 is 4.74 Å². The second-order valence-corrected chi connectivity index (χ2v) is 6.52. The van der Waals surface area contributed by atoms with Crippen LogP contribution in [0.5, 0.6) is 5.75 Å². The van der Waals surface area contributed by atoms with Crippen molar-refractivity contribution in [3.8, 4) is 17.0 Å². The van der Waals surface area contributed by atoms with E-state index in [2.05, 4.69) is 45.6 Å². The maximum Gasteiger partial charge on any atom is 0.118 e. The van der Waals surface area contributed by atoms with Crippen LogP contribution in [0, 0.1) is 0 Å². The van der Waals surface area contributed by atoms with Gasteiger partial charge in [-0.05, 0) is 29.8 Å². The number of aromatic nitrogens is 1. The van der Waals surface area contributed by atoms with Gasteiger partial charge < -0.3 is 4.74 Å². The van der Waals surface area contributed by atoms with Crippen LogP contribution in [0.4, 0.5) is 0 Å². The van der Waals surface area contributed by atoms with Crippen molar-refractivity contribution in [2.75, 3.05) is 7.11 Å². The van der Waals surface area contributed by atoms with E-state index >= 15 is 0 Å². The summed E-state index contributed by atoms with van der Waals surface area (Å²) in [6.07, 6.45) is 0.850. The fourth-order valence-corrected chi connectivity index (χ4v) is 3.33. The van der Waals surface area contributed by atoms with Crippen LogP contribution in [-0.4, -0.2) is 12.1 Å². The van der Waals surface area contributed by atoms with Gasteiger partial charge in [0.25, 0.3) is 0 Å². The summed E-state index contributed by atoms with van der Waals surface area (Å²) in [6.45, 7) is 0. The highest BCUT2D eigenvalue weighted by Crippen LogP contribution is 2.26. The van der Waals surface area contributed by atoms with E-state index in [1.807, 2.05) is 24.3 Å². The lowest BCUT2D eigenvalue weighted by Crippen LogP contribution is -1.88. The van der Waals surface area contributed by atoms with Crippen molar-refractivity contribution in [3.05, 3.63) is 69.0 Å². The summed E-state index contributed by atoms with van der Waals surface area (Å²) in [5.74, 6) is 0.882. The van der Waals surface area contributed by atoms with E-state index in [9.17, 15) is 0 Å². The van der Waals surface area contributed by atoms with Gasteiger partial charge in [-0.25, -0.2) is 4.98 Å². The molecule has 3 aromatic rings. The average molecular weight is 360 g/mol. The highest BCUT2D eigenvalue weighted by Gasteiger charge is 2.06. The topological polar surface area (TPSA) is 22.1 Å². The molecule has 0 fully saturated rings. The molecule has 0 saturated carbocycles. The minimum Gasteiger partial charge on any atom is -0.497 e. The molecule has 0 unspecified atom stereocenters. The smallest absolute Gasteiger partial charge is 0.118 e. The van der Waals surface area contributed by atoms with E-state index in [0.29, 0.717) is 0 Å². The first-order valence-electron chi connectivity index (χ1n) is 6.58. The Hall–Kier alpha value is -1.65. The highest BCUT2D eigenvalue weighted by molar-refractivity contribution is 9.10. The van der Waals surface area contributed by atoms with E-state index < -0.39 is 0 Å². The Bertz CT molecular complexity index is 737. The van der Waals surface area contributed by atoms with Crippen molar-refractivity contribution in [2.24, 2.45) is 0 Å². The number of thiazole rings is 1. The van der Waals surface area contributed by atoms with Gasteiger partial charge in [0.2, 0.25) is 0 Å². The molecule has 0 aliphatic rings. The fraction of sp³-hybridized carbons (Fsp3) is 0.118. The first-order chi connectivity index (χ1) is 10.2. The van der Waals surface area contributed by atoms with Crippen molar-refractivity contribution in [1.29, 1.82) is 0 Å². The lowest BCUT2D eigenvalue weighted by atomic mass is 10.1. The van der Waals surface area contributed by atoms with Crippen LogP contribution >= 0.6 is 27.3 Å². The van der Waals surface area contributed by atoms with Gasteiger partial charge in [-0.15, -0.1) is 11.3 Å². The van der Waals surface area contributed by atoms with E-state index in [1.54, 1.807) is 18.4 Å². The Morgan fingerprint density at radius 1 is 1.14 bits per heavy atom. The molecule has 0 aliphatic carbocycles. The van der Waals surface area contributed by atoms with Crippen LogP contribution in [-0.2, 0) is 6.42 Å². The van der Waals surface area contributed by atoms with Crippen LogP contribution in [0.25, 0.3) is 11.3 Å². The molecule has 2 aromatic carbocycles. The van der Waals surface area contributed by atoms with Crippen molar-refractivity contribution in [1.82, 2.24) is 4.98 Å². The molecule has 1 aromatic heterocycles. The van der Waals surface area contributed by atoms with Crippen molar-refractivity contribution in [3.63, 3.8) is 0 Å². The van der Waals surface area contributed by atoms with Crippen LogP contribution in [0.2, 0.25) is 0 Å². The zero-order chi connectivity index (χ0) is 14.7. The van der Waals surface area contributed by atoms with Crippen LogP contribution in [0.3, 0.4) is 0 Å². The van der Waals surface area contributed by atoms with E-state index in [-0.39, 0.29) is 0 Å². The Kier molecular flexibility index (Phi) is 4.36. The first-order valence-corrected chi connectivity index (χ1v) is 8.25. The molecule has 0 bridgehead atoms. The summed E-state index contributed by atoms with van der Waals surface area (Å²) < 4.78 is 6.25. The van der Waals surface area contributed by atoms with Crippen molar-refractivity contribution in [2.45, 2.75) is 6.42 Å². The third-order valence-corrected chi connectivity index (χ3v) is 4.53. The summed E-state index contributed by atoms with van der Waals surface area (Å²) in [7, 11) is 1.68. The van der Waals surface area contributed by atoms with Gasteiger partial charge in [-0.2, -0.15) is 0 Å². The summed E-state index contributed by atoms with van der Waals surface area (Å²) in [4.78, 5) is 4.73. The molecular weight excluding hydrogens is 346 g/mol. The summed E-state index contributed by atoms with van der Waals surface area (Å²) in [5, 5.41) is 3.23. The molecule has 0 saturated heterocycles. The molecule has 21 heavy (non-hydrogen) atoms. The molecule has 0 aliphatic heterocycles. The van der Waals surface area contributed by atoms with E-state index in [4.69, 9.17) is 9.72 Å². The number of hydrogen-bond donors (Lipinski definition) is 0.